The minimum absolute atomic E-state index is 0.0451. The van der Waals surface area contributed by atoms with Gasteiger partial charge in [0.2, 0.25) is 35.4 Å². The van der Waals surface area contributed by atoms with Gasteiger partial charge in [0.05, 0.1) is 12.9 Å². The number of phenols is 1. The standard InChI is InChI=1S/C40H49N9O10/c1-21(2)13-32(40(58)59)48-36(54)29(14-22-7-9-25(51)10-8-22)45-39(57)33(19-50)49-37(55)30(15-23-17-42-27-6-4-3-5-26(23)27)46-38(56)31(16-24-18-41-20-43-24)47-35(53)28-11-12-34(52)44-28/h3-10,17-18,20-21,28-33,42,50-51H,11-16,19H2,1-2H3,(H,41,43)(H,44,52)(H,45,57)(H,46,56)(H,47,53)(H,48,54)(H,49,55)(H,58,59)/t28-,29-,30-,31-,32+,33-/m0/s1. The molecule has 1 aliphatic heterocycles. The van der Waals surface area contributed by atoms with Crippen molar-refractivity contribution < 1.29 is 48.9 Å². The zero-order valence-corrected chi connectivity index (χ0v) is 32.5. The summed E-state index contributed by atoms with van der Waals surface area (Å²) in [5.41, 5.74) is 2.35. The second-order valence-corrected chi connectivity index (χ2v) is 14.8. The molecule has 19 heteroatoms. The normalized spacial score (nSPS) is 16.3. The van der Waals surface area contributed by atoms with Gasteiger partial charge in [-0.15, -0.1) is 0 Å². The highest BCUT2D eigenvalue weighted by Crippen LogP contribution is 2.20. The molecule has 0 spiro atoms. The average molecular weight is 816 g/mol. The molecule has 6 amide bonds. The molecular formula is C40H49N9O10. The maximum Gasteiger partial charge on any atom is 0.326 e. The van der Waals surface area contributed by atoms with Crippen LogP contribution in [0.15, 0.2) is 67.3 Å². The number of nitrogens with zero attached hydrogens (tertiary/aromatic N) is 1. The van der Waals surface area contributed by atoms with E-state index in [2.05, 4.69) is 46.9 Å². The Labute approximate surface area is 338 Å². The Balaban J connectivity index is 1.37. The highest BCUT2D eigenvalue weighted by Gasteiger charge is 2.35. The Morgan fingerprint density at radius 2 is 1.39 bits per heavy atom. The molecule has 0 saturated carbocycles. The number of fused-ring (bicyclic) bond motifs is 1. The van der Waals surface area contributed by atoms with Crippen LogP contribution in [-0.4, -0.2) is 115 Å². The fourth-order valence-corrected chi connectivity index (χ4v) is 6.69. The second-order valence-electron chi connectivity index (χ2n) is 14.8. The number of para-hydroxylation sites is 1. The lowest BCUT2D eigenvalue weighted by molar-refractivity contribution is -0.142. The van der Waals surface area contributed by atoms with Gasteiger partial charge in [-0.25, -0.2) is 9.78 Å². The Morgan fingerprint density at radius 3 is 1.98 bits per heavy atom. The number of aliphatic hydroxyl groups is 1. The van der Waals surface area contributed by atoms with Gasteiger partial charge in [0.15, 0.2) is 0 Å². The van der Waals surface area contributed by atoms with Crippen molar-refractivity contribution in [2.24, 2.45) is 5.92 Å². The van der Waals surface area contributed by atoms with Crippen molar-refractivity contribution in [3.05, 3.63) is 84.1 Å². The number of nitrogens with one attached hydrogen (secondary N) is 8. The number of carboxylic acid groups (broad SMARTS) is 1. The van der Waals surface area contributed by atoms with E-state index in [9.17, 15) is 48.9 Å². The number of hydrogen-bond acceptors (Lipinski definition) is 10. The fourth-order valence-electron chi connectivity index (χ4n) is 6.69. The van der Waals surface area contributed by atoms with Crippen LogP contribution in [0.5, 0.6) is 5.75 Å². The molecule has 2 aromatic heterocycles. The number of benzene rings is 2. The summed E-state index contributed by atoms with van der Waals surface area (Å²) in [5, 5.41) is 46.0. The van der Waals surface area contributed by atoms with Crippen LogP contribution in [0, 0.1) is 5.92 Å². The van der Waals surface area contributed by atoms with Crippen molar-refractivity contribution in [2.75, 3.05) is 6.61 Å². The van der Waals surface area contributed by atoms with Gasteiger partial charge in [-0.2, -0.15) is 0 Å². The van der Waals surface area contributed by atoms with Crippen LogP contribution in [0.4, 0.5) is 0 Å². The maximum absolute atomic E-state index is 14.1. The molecule has 0 bridgehead atoms. The van der Waals surface area contributed by atoms with Crippen LogP contribution in [0.1, 0.15) is 49.9 Å². The van der Waals surface area contributed by atoms with Gasteiger partial charge >= 0.3 is 5.97 Å². The smallest absolute Gasteiger partial charge is 0.326 e. The fraction of sp³-hybridized carbons (Fsp3) is 0.400. The largest absolute Gasteiger partial charge is 0.508 e. The predicted octanol–water partition coefficient (Wildman–Crippen LogP) is -0.550. The number of carbonyl (C=O) groups excluding carboxylic acids is 6. The third-order valence-electron chi connectivity index (χ3n) is 9.80. The highest BCUT2D eigenvalue weighted by molar-refractivity contribution is 5.98. The lowest BCUT2D eigenvalue weighted by Crippen LogP contribution is -2.60. The van der Waals surface area contributed by atoms with Crippen molar-refractivity contribution in [1.29, 1.82) is 0 Å². The summed E-state index contributed by atoms with van der Waals surface area (Å²) in [5.74, 6) is -5.82. The summed E-state index contributed by atoms with van der Waals surface area (Å²) in [6.45, 7) is 2.64. The van der Waals surface area contributed by atoms with Gasteiger partial charge in [-0.3, -0.25) is 28.8 Å². The van der Waals surface area contributed by atoms with Crippen LogP contribution in [-0.2, 0) is 52.8 Å². The van der Waals surface area contributed by atoms with Gasteiger partial charge in [-0.05, 0) is 48.1 Å². The molecule has 3 heterocycles. The first kappa shape index (κ1) is 43.4. The average Bonchev–Trinajstić information content (AvgIpc) is 3.98. The highest BCUT2D eigenvalue weighted by atomic mass is 16.4. The number of aromatic amines is 2. The molecule has 5 rings (SSSR count). The molecule has 1 fully saturated rings. The van der Waals surface area contributed by atoms with Crippen molar-refractivity contribution >= 4 is 52.3 Å². The number of H-pyrrole nitrogens is 2. The van der Waals surface area contributed by atoms with E-state index in [1.165, 1.54) is 36.8 Å². The number of imidazole rings is 1. The predicted molar refractivity (Wildman–Crippen MR) is 211 cm³/mol. The molecule has 0 aliphatic carbocycles. The van der Waals surface area contributed by atoms with E-state index in [0.717, 1.165) is 10.9 Å². The molecule has 4 aromatic rings. The zero-order chi connectivity index (χ0) is 42.6. The molecule has 0 radical (unpaired) electrons. The number of aliphatic carboxylic acids is 1. The number of aromatic nitrogens is 3. The van der Waals surface area contributed by atoms with Crippen molar-refractivity contribution in [1.82, 2.24) is 46.9 Å². The second kappa shape index (κ2) is 20.1. The van der Waals surface area contributed by atoms with E-state index in [1.54, 1.807) is 26.1 Å². The third kappa shape index (κ3) is 12.1. The SMILES string of the molecule is CC(C)C[C@@H](NC(=O)[C@H](Cc1ccc(O)cc1)NC(=O)[C@H](CO)NC(=O)[C@H](Cc1c[nH]c2ccccc12)NC(=O)[C@H](Cc1cnc[nH]1)NC(=O)[C@@H]1CCC(=O)N1)C(=O)O. The lowest BCUT2D eigenvalue weighted by atomic mass is 10.0. The van der Waals surface area contributed by atoms with Gasteiger partial charge < -0.3 is 57.2 Å². The van der Waals surface area contributed by atoms with Crippen molar-refractivity contribution in [2.45, 2.75) is 88.6 Å². The van der Waals surface area contributed by atoms with Crippen LogP contribution >= 0.6 is 0 Å². The van der Waals surface area contributed by atoms with Crippen LogP contribution in [0.2, 0.25) is 0 Å². The van der Waals surface area contributed by atoms with E-state index in [4.69, 9.17) is 0 Å². The first-order valence-electron chi connectivity index (χ1n) is 19.2. The first-order chi connectivity index (χ1) is 28.2. The van der Waals surface area contributed by atoms with Crippen LogP contribution < -0.4 is 31.9 Å². The lowest BCUT2D eigenvalue weighted by Gasteiger charge is -2.27. The molecule has 6 atom stereocenters. The molecular weight excluding hydrogens is 766 g/mol. The van der Waals surface area contributed by atoms with E-state index >= 15 is 0 Å². The summed E-state index contributed by atoms with van der Waals surface area (Å²) >= 11 is 0. The molecule has 314 valence electrons. The third-order valence-corrected chi connectivity index (χ3v) is 9.80. The number of hydrogen-bond donors (Lipinski definition) is 11. The van der Waals surface area contributed by atoms with Gasteiger partial charge in [-0.1, -0.05) is 44.2 Å². The summed E-state index contributed by atoms with van der Waals surface area (Å²) < 4.78 is 0. The summed E-state index contributed by atoms with van der Waals surface area (Å²) in [6.07, 6.45) is 4.68. The van der Waals surface area contributed by atoms with Crippen LogP contribution in [0.25, 0.3) is 10.9 Å². The topological polar surface area (TPSA) is 297 Å². The molecule has 2 aromatic carbocycles. The number of carboxylic acids is 1. The summed E-state index contributed by atoms with van der Waals surface area (Å²) in [4.78, 5) is 102. The zero-order valence-electron chi connectivity index (χ0n) is 32.5. The Bertz CT molecular complexity index is 2120. The Hall–Kier alpha value is -6.76. The molecule has 11 N–H and O–H groups in total. The van der Waals surface area contributed by atoms with E-state index < -0.39 is 78.4 Å². The summed E-state index contributed by atoms with van der Waals surface area (Å²) in [7, 11) is 0. The van der Waals surface area contributed by atoms with Crippen molar-refractivity contribution in [3.63, 3.8) is 0 Å². The number of carbonyl (C=O) groups is 7. The number of phenolic OH excluding ortho intramolecular Hbond substituents is 1. The van der Waals surface area contributed by atoms with E-state index in [-0.39, 0.29) is 56.1 Å². The van der Waals surface area contributed by atoms with Crippen LogP contribution in [0.3, 0.4) is 0 Å². The Morgan fingerprint density at radius 1 is 0.780 bits per heavy atom. The minimum atomic E-state index is -1.66. The number of aromatic hydroxyl groups is 1. The van der Waals surface area contributed by atoms with Gasteiger partial charge in [0, 0.05) is 54.7 Å². The maximum atomic E-state index is 14.1. The minimum Gasteiger partial charge on any atom is -0.508 e. The number of rotatable bonds is 20. The van der Waals surface area contributed by atoms with Crippen molar-refractivity contribution in [3.8, 4) is 5.75 Å². The first-order valence-corrected chi connectivity index (χ1v) is 19.2. The monoisotopic (exact) mass is 815 g/mol. The van der Waals surface area contributed by atoms with E-state index in [0.29, 0.717) is 16.8 Å². The quantitative estimate of drug-likeness (QED) is 0.0538. The molecule has 59 heavy (non-hydrogen) atoms. The van der Waals surface area contributed by atoms with Gasteiger partial charge in [0.25, 0.3) is 0 Å². The molecule has 1 aliphatic rings. The Kier molecular flexibility index (Phi) is 14.8. The number of amides is 6. The molecule has 0 unspecified atom stereocenters. The number of aliphatic hydroxyl groups excluding tert-OH is 1. The molecule has 1 saturated heterocycles. The summed E-state index contributed by atoms with van der Waals surface area (Å²) in [6, 6.07) is 5.21. The van der Waals surface area contributed by atoms with Gasteiger partial charge in [0.1, 0.15) is 42.0 Å². The molecule has 19 nitrogen and oxygen atoms in total. The van der Waals surface area contributed by atoms with E-state index in [1.807, 2.05) is 18.2 Å².